The second kappa shape index (κ2) is 8.32. The molecule has 5 nitrogen and oxygen atoms in total. The van der Waals surface area contributed by atoms with Gasteiger partial charge in [-0.1, -0.05) is 6.07 Å². The highest BCUT2D eigenvalue weighted by molar-refractivity contribution is 5.96. The number of rotatable bonds is 7. The van der Waals surface area contributed by atoms with Crippen molar-refractivity contribution in [3.8, 4) is 0 Å². The lowest BCUT2D eigenvalue weighted by Crippen LogP contribution is -2.25. The molecular weight excluding hydrogens is 256 g/mol. The van der Waals surface area contributed by atoms with Gasteiger partial charge in [0, 0.05) is 31.3 Å². The molecule has 20 heavy (non-hydrogen) atoms. The number of benzene rings is 1. The first-order valence-electron chi connectivity index (χ1n) is 6.76. The van der Waals surface area contributed by atoms with Crippen LogP contribution in [0.25, 0.3) is 0 Å². The minimum Gasteiger partial charge on any atom is -0.379 e. The summed E-state index contributed by atoms with van der Waals surface area (Å²) in [6.45, 7) is 6.58. The summed E-state index contributed by atoms with van der Waals surface area (Å²) in [6.07, 6.45) is 0.981. The molecule has 0 saturated heterocycles. The van der Waals surface area contributed by atoms with Gasteiger partial charge in [0.05, 0.1) is 6.10 Å². The number of ether oxygens (including phenoxy) is 1. The van der Waals surface area contributed by atoms with E-state index in [2.05, 4.69) is 10.6 Å². The van der Waals surface area contributed by atoms with E-state index in [1.807, 2.05) is 13.8 Å². The Hall–Kier alpha value is -1.88. The summed E-state index contributed by atoms with van der Waals surface area (Å²) in [5.41, 5.74) is 1.15. The van der Waals surface area contributed by atoms with Crippen LogP contribution in [0.4, 0.5) is 5.69 Å². The molecule has 0 aliphatic rings. The van der Waals surface area contributed by atoms with Crippen molar-refractivity contribution < 1.29 is 14.3 Å². The van der Waals surface area contributed by atoms with Crippen molar-refractivity contribution in [1.29, 1.82) is 0 Å². The SMILES string of the molecule is CC(=O)Nc1cccc(C(=O)NCCCOC(C)C)c1. The van der Waals surface area contributed by atoms with Crippen molar-refractivity contribution in [2.75, 3.05) is 18.5 Å². The first-order chi connectivity index (χ1) is 9.49. The van der Waals surface area contributed by atoms with E-state index in [0.717, 1.165) is 6.42 Å². The molecule has 110 valence electrons. The summed E-state index contributed by atoms with van der Waals surface area (Å²) in [6, 6.07) is 6.85. The summed E-state index contributed by atoms with van der Waals surface area (Å²) in [7, 11) is 0. The number of carbonyl (C=O) groups excluding carboxylic acids is 2. The van der Waals surface area contributed by atoms with Gasteiger partial charge in [-0.05, 0) is 38.5 Å². The van der Waals surface area contributed by atoms with Crippen LogP contribution in [0.15, 0.2) is 24.3 Å². The molecule has 0 heterocycles. The number of anilines is 1. The summed E-state index contributed by atoms with van der Waals surface area (Å²) in [5, 5.41) is 5.47. The average molecular weight is 278 g/mol. The predicted molar refractivity (Wildman–Crippen MR) is 78.8 cm³/mol. The molecule has 2 amide bonds. The summed E-state index contributed by atoms with van der Waals surface area (Å²) >= 11 is 0. The van der Waals surface area contributed by atoms with Crippen LogP contribution in [-0.4, -0.2) is 31.1 Å². The van der Waals surface area contributed by atoms with E-state index in [9.17, 15) is 9.59 Å². The van der Waals surface area contributed by atoms with Crippen molar-refractivity contribution in [2.24, 2.45) is 0 Å². The number of amides is 2. The van der Waals surface area contributed by atoms with E-state index < -0.39 is 0 Å². The Morgan fingerprint density at radius 3 is 2.70 bits per heavy atom. The first-order valence-corrected chi connectivity index (χ1v) is 6.76. The fourth-order valence-corrected chi connectivity index (χ4v) is 1.64. The van der Waals surface area contributed by atoms with Crippen LogP contribution in [0.5, 0.6) is 0 Å². The Labute approximate surface area is 119 Å². The number of nitrogens with one attached hydrogen (secondary N) is 2. The van der Waals surface area contributed by atoms with Crippen molar-refractivity contribution in [3.63, 3.8) is 0 Å². The first kappa shape index (κ1) is 16.2. The molecule has 0 unspecified atom stereocenters. The van der Waals surface area contributed by atoms with Gasteiger partial charge in [-0.2, -0.15) is 0 Å². The molecule has 1 aromatic rings. The fraction of sp³-hybridized carbons (Fsp3) is 0.467. The van der Waals surface area contributed by atoms with E-state index in [-0.39, 0.29) is 17.9 Å². The number of hydrogen-bond donors (Lipinski definition) is 2. The molecule has 0 fully saturated rings. The Balaban J connectivity index is 2.41. The molecule has 0 atom stereocenters. The maximum atomic E-state index is 11.9. The van der Waals surface area contributed by atoms with Crippen LogP contribution in [0.2, 0.25) is 0 Å². The van der Waals surface area contributed by atoms with E-state index >= 15 is 0 Å². The van der Waals surface area contributed by atoms with Crippen molar-refractivity contribution >= 4 is 17.5 Å². The predicted octanol–water partition coefficient (Wildman–Crippen LogP) is 2.19. The molecule has 0 bridgehead atoms. The summed E-state index contributed by atoms with van der Waals surface area (Å²) < 4.78 is 5.39. The highest BCUT2D eigenvalue weighted by Gasteiger charge is 2.06. The minimum atomic E-state index is -0.159. The smallest absolute Gasteiger partial charge is 0.251 e. The van der Waals surface area contributed by atoms with Crippen molar-refractivity contribution in [2.45, 2.75) is 33.3 Å². The van der Waals surface area contributed by atoms with E-state index in [0.29, 0.717) is 24.4 Å². The molecule has 2 N–H and O–H groups in total. The van der Waals surface area contributed by atoms with Gasteiger partial charge in [0.2, 0.25) is 5.91 Å². The summed E-state index contributed by atoms with van der Waals surface area (Å²) in [5.74, 6) is -0.310. The maximum absolute atomic E-state index is 11.9. The summed E-state index contributed by atoms with van der Waals surface area (Å²) in [4.78, 5) is 22.9. The molecule has 0 radical (unpaired) electrons. The molecule has 1 aromatic carbocycles. The second-order valence-corrected chi connectivity index (χ2v) is 4.79. The molecule has 0 saturated carbocycles. The van der Waals surface area contributed by atoms with Crippen LogP contribution < -0.4 is 10.6 Å². The fourth-order valence-electron chi connectivity index (χ4n) is 1.64. The maximum Gasteiger partial charge on any atom is 0.251 e. The standard InChI is InChI=1S/C15H22N2O3/c1-11(2)20-9-5-8-16-15(19)13-6-4-7-14(10-13)17-12(3)18/h4,6-7,10-11H,5,8-9H2,1-3H3,(H,16,19)(H,17,18). The number of carbonyl (C=O) groups is 2. The molecule has 5 heteroatoms. The monoisotopic (exact) mass is 278 g/mol. The van der Waals surface area contributed by atoms with Gasteiger partial charge in [-0.15, -0.1) is 0 Å². The lowest BCUT2D eigenvalue weighted by atomic mass is 10.2. The molecule has 0 aliphatic heterocycles. The lowest BCUT2D eigenvalue weighted by molar-refractivity contribution is -0.114. The van der Waals surface area contributed by atoms with E-state index in [1.54, 1.807) is 24.3 Å². The molecule has 0 spiro atoms. The third-order valence-electron chi connectivity index (χ3n) is 2.50. The van der Waals surface area contributed by atoms with Gasteiger partial charge in [0.1, 0.15) is 0 Å². The third kappa shape index (κ3) is 6.33. The third-order valence-corrected chi connectivity index (χ3v) is 2.50. The average Bonchev–Trinajstić information content (AvgIpc) is 2.37. The Kier molecular flexibility index (Phi) is 6.73. The Bertz CT molecular complexity index is 458. The van der Waals surface area contributed by atoms with Crippen LogP contribution >= 0.6 is 0 Å². The zero-order chi connectivity index (χ0) is 15.0. The Morgan fingerprint density at radius 2 is 2.05 bits per heavy atom. The zero-order valence-electron chi connectivity index (χ0n) is 12.2. The van der Waals surface area contributed by atoms with Gasteiger partial charge in [0.25, 0.3) is 5.91 Å². The normalized spacial score (nSPS) is 10.4. The van der Waals surface area contributed by atoms with Gasteiger partial charge in [-0.3, -0.25) is 9.59 Å². The lowest BCUT2D eigenvalue weighted by Gasteiger charge is -2.09. The van der Waals surface area contributed by atoms with Crippen molar-refractivity contribution in [1.82, 2.24) is 5.32 Å². The van der Waals surface area contributed by atoms with Gasteiger partial charge in [-0.25, -0.2) is 0 Å². The Morgan fingerprint density at radius 1 is 1.30 bits per heavy atom. The van der Waals surface area contributed by atoms with Gasteiger partial charge < -0.3 is 15.4 Å². The number of hydrogen-bond acceptors (Lipinski definition) is 3. The minimum absolute atomic E-state index is 0.151. The largest absolute Gasteiger partial charge is 0.379 e. The van der Waals surface area contributed by atoms with Crippen LogP contribution in [0.3, 0.4) is 0 Å². The molecule has 0 aromatic heterocycles. The van der Waals surface area contributed by atoms with Crippen molar-refractivity contribution in [3.05, 3.63) is 29.8 Å². The van der Waals surface area contributed by atoms with Crippen LogP contribution in [0, 0.1) is 0 Å². The molecule has 0 aliphatic carbocycles. The quantitative estimate of drug-likeness (QED) is 0.751. The highest BCUT2D eigenvalue weighted by Crippen LogP contribution is 2.10. The molecular formula is C15H22N2O3. The van der Waals surface area contributed by atoms with Crippen LogP contribution in [-0.2, 0) is 9.53 Å². The second-order valence-electron chi connectivity index (χ2n) is 4.79. The van der Waals surface area contributed by atoms with Gasteiger partial charge in [0.15, 0.2) is 0 Å². The van der Waals surface area contributed by atoms with E-state index in [4.69, 9.17) is 4.74 Å². The van der Waals surface area contributed by atoms with Gasteiger partial charge >= 0.3 is 0 Å². The topological polar surface area (TPSA) is 67.4 Å². The van der Waals surface area contributed by atoms with E-state index in [1.165, 1.54) is 6.92 Å². The highest BCUT2D eigenvalue weighted by atomic mass is 16.5. The molecule has 1 rings (SSSR count). The van der Waals surface area contributed by atoms with Crippen LogP contribution in [0.1, 0.15) is 37.6 Å². The zero-order valence-corrected chi connectivity index (χ0v) is 12.2.